The molecule has 0 saturated heterocycles. The number of carbonyl (C=O) groups is 1. The molecule has 0 fully saturated rings. The second kappa shape index (κ2) is 8.80. The minimum absolute atomic E-state index is 0.197. The fourth-order valence-corrected chi connectivity index (χ4v) is 5.37. The molecular formula is C23H19IN2O4S. The highest BCUT2D eigenvalue weighted by atomic mass is 127. The third kappa shape index (κ3) is 3.97. The number of esters is 1. The summed E-state index contributed by atoms with van der Waals surface area (Å²) < 4.78 is 13.4. The largest absolute Gasteiger partial charge is 0.496 e. The number of halogens is 1. The van der Waals surface area contributed by atoms with Gasteiger partial charge in [-0.05, 0) is 58.9 Å². The summed E-state index contributed by atoms with van der Waals surface area (Å²) in [6, 6.07) is 14.6. The van der Waals surface area contributed by atoms with Gasteiger partial charge >= 0.3 is 5.97 Å². The molecule has 0 spiro atoms. The van der Waals surface area contributed by atoms with E-state index >= 15 is 0 Å². The number of nitrogens with zero attached hydrogens (tertiary/aromatic N) is 2. The van der Waals surface area contributed by atoms with Gasteiger partial charge in [0.2, 0.25) is 0 Å². The number of thiazole rings is 1. The van der Waals surface area contributed by atoms with Crippen LogP contribution in [-0.4, -0.2) is 24.8 Å². The lowest BCUT2D eigenvalue weighted by atomic mass is 9.96. The average Bonchev–Trinajstić information content (AvgIpc) is 3.07. The van der Waals surface area contributed by atoms with Crippen LogP contribution in [0.5, 0.6) is 5.75 Å². The lowest BCUT2D eigenvalue weighted by molar-refractivity contribution is -0.136. The van der Waals surface area contributed by atoms with E-state index in [1.807, 2.05) is 54.6 Å². The number of aromatic nitrogens is 1. The zero-order valence-corrected chi connectivity index (χ0v) is 20.1. The van der Waals surface area contributed by atoms with Crippen LogP contribution in [0.3, 0.4) is 0 Å². The van der Waals surface area contributed by atoms with Gasteiger partial charge in [-0.25, -0.2) is 9.79 Å². The predicted octanol–water partition coefficient (Wildman–Crippen LogP) is 3.02. The van der Waals surface area contributed by atoms with Crippen molar-refractivity contribution in [3.63, 3.8) is 0 Å². The maximum atomic E-state index is 13.5. The molecule has 0 aliphatic carbocycles. The predicted molar refractivity (Wildman–Crippen MR) is 128 cm³/mol. The second-order valence-electron chi connectivity index (χ2n) is 6.88. The van der Waals surface area contributed by atoms with Gasteiger partial charge in [-0.2, -0.15) is 0 Å². The molecule has 1 aromatic heterocycles. The molecule has 2 aromatic carbocycles. The Hall–Kier alpha value is -2.72. The number of hydrogen-bond donors (Lipinski definition) is 0. The summed E-state index contributed by atoms with van der Waals surface area (Å²) in [6.45, 7) is 1.77. The molecule has 31 heavy (non-hydrogen) atoms. The number of methoxy groups -OCH3 is 2. The van der Waals surface area contributed by atoms with Gasteiger partial charge in [0.05, 0.1) is 39.6 Å². The molecule has 0 radical (unpaired) electrons. The zero-order valence-electron chi connectivity index (χ0n) is 17.1. The van der Waals surface area contributed by atoms with Crippen LogP contribution >= 0.6 is 33.9 Å². The van der Waals surface area contributed by atoms with E-state index in [9.17, 15) is 9.59 Å². The first-order valence-corrected chi connectivity index (χ1v) is 11.3. The fraction of sp³-hybridized carbons (Fsp3) is 0.174. The van der Waals surface area contributed by atoms with Crippen LogP contribution in [0.25, 0.3) is 6.08 Å². The van der Waals surface area contributed by atoms with Gasteiger partial charge < -0.3 is 9.47 Å². The van der Waals surface area contributed by atoms with Crippen LogP contribution in [0.4, 0.5) is 0 Å². The third-order valence-electron chi connectivity index (χ3n) is 5.02. The first-order chi connectivity index (χ1) is 14.9. The number of hydrogen-bond acceptors (Lipinski definition) is 6. The Bertz CT molecular complexity index is 1370. The molecule has 4 rings (SSSR count). The average molecular weight is 546 g/mol. The van der Waals surface area contributed by atoms with E-state index in [2.05, 4.69) is 27.6 Å². The molecule has 1 unspecified atom stereocenters. The SMILES string of the molecule is COC(=O)C1=C(C)N=c2sc(=Cc3ccc(OC)c(I)c3)c(=O)n2C1c1ccccc1. The third-order valence-corrected chi connectivity index (χ3v) is 6.84. The molecule has 2 heterocycles. The Morgan fingerprint density at radius 1 is 1.19 bits per heavy atom. The van der Waals surface area contributed by atoms with Crippen LogP contribution < -0.4 is 19.6 Å². The van der Waals surface area contributed by atoms with Crippen molar-refractivity contribution in [3.8, 4) is 5.75 Å². The second-order valence-corrected chi connectivity index (χ2v) is 9.05. The number of ether oxygens (including phenoxy) is 2. The molecule has 1 aliphatic heterocycles. The van der Waals surface area contributed by atoms with E-state index in [1.165, 1.54) is 18.4 Å². The molecule has 8 heteroatoms. The summed E-state index contributed by atoms with van der Waals surface area (Å²) >= 11 is 3.50. The van der Waals surface area contributed by atoms with Crippen molar-refractivity contribution in [1.82, 2.24) is 4.57 Å². The van der Waals surface area contributed by atoms with Crippen LogP contribution in [0.2, 0.25) is 0 Å². The molecule has 1 aliphatic rings. The van der Waals surface area contributed by atoms with E-state index in [-0.39, 0.29) is 5.56 Å². The normalized spacial score (nSPS) is 16.0. The van der Waals surface area contributed by atoms with Crippen molar-refractivity contribution < 1.29 is 14.3 Å². The summed E-state index contributed by atoms with van der Waals surface area (Å²) in [4.78, 5) is 31.2. The first kappa shape index (κ1) is 21.5. The standard InChI is InChI=1S/C23H19IN2O4S/c1-13-19(22(28)30-3)20(15-7-5-4-6-8-15)26-21(27)18(31-23(26)25-13)12-14-9-10-17(29-2)16(24)11-14/h4-12,20H,1-3H3. The lowest BCUT2D eigenvalue weighted by Crippen LogP contribution is -2.39. The number of rotatable bonds is 4. The number of allylic oxidation sites excluding steroid dienone is 1. The van der Waals surface area contributed by atoms with Crippen LogP contribution in [-0.2, 0) is 9.53 Å². The van der Waals surface area contributed by atoms with Gasteiger partial charge in [0.25, 0.3) is 5.56 Å². The Kier molecular flexibility index (Phi) is 6.10. The number of benzene rings is 2. The summed E-state index contributed by atoms with van der Waals surface area (Å²) in [7, 11) is 2.96. The minimum atomic E-state index is -0.594. The number of fused-ring (bicyclic) bond motifs is 1. The lowest BCUT2D eigenvalue weighted by Gasteiger charge is -2.24. The summed E-state index contributed by atoms with van der Waals surface area (Å²) in [5.74, 6) is 0.288. The van der Waals surface area contributed by atoms with Crippen LogP contribution in [0.1, 0.15) is 24.1 Å². The Balaban J connectivity index is 1.94. The van der Waals surface area contributed by atoms with E-state index in [0.717, 1.165) is 20.4 Å². The maximum absolute atomic E-state index is 13.5. The van der Waals surface area contributed by atoms with Crippen LogP contribution in [0.15, 0.2) is 69.6 Å². The molecule has 3 aromatic rings. The zero-order chi connectivity index (χ0) is 22.1. The monoisotopic (exact) mass is 546 g/mol. The molecule has 0 saturated carbocycles. The molecule has 0 bridgehead atoms. The van der Waals surface area contributed by atoms with E-state index in [1.54, 1.807) is 18.6 Å². The fourth-order valence-electron chi connectivity index (χ4n) is 3.57. The van der Waals surface area contributed by atoms with E-state index in [0.29, 0.717) is 20.6 Å². The highest BCUT2D eigenvalue weighted by Gasteiger charge is 2.32. The van der Waals surface area contributed by atoms with Gasteiger partial charge in [0.15, 0.2) is 4.80 Å². The van der Waals surface area contributed by atoms with E-state index < -0.39 is 12.0 Å². The quantitative estimate of drug-likeness (QED) is 0.373. The summed E-state index contributed by atoms with van der Waals surface area (Å²) in [6.07, 6.45) is 1.84. The Morgan fingerprint density at radius 3 is 2.58 bits per heavy atom. The van der Waals surface area contributed by atoms with Gasteiger partial charge in [0, 0.05) is 0 Å². The highest BCUT2D eigenvalue weighted by Crippen LogP contribution is 2.30. The highest BCUT2D eigenvalue weighted by molar-refractivity contribution is 14.1. The molecule has 158 valence electrons. The molecule has 6 nitrogen and oxygen atoms in total. The molecule has 1 atom stereocenters. The Morgan fingerprint density at radius 2 is 1.94 bits per heavy atom. The van der Waals surface area contributed by atoms with Gasteiger partial charge in [-0.15, -0.1) is 0 Å². The van der Waals surface area contributed by atoms with Crippen molar-refractivity contribution in [2.75, 3.05) is 14.2 Å². The van der Waals surface area contributed by atoms with Gasteiger partial charge in [0.1, 0.15) is 5.75 Å². The Labute approximate surface area is 196 Å². The van der Waals surface area contributed by atoms with Crippen molar-refractivity contribution >= 4 is 46.0 Å². The molecule has 0 amide bonds. The van der Waals surface area contributed by atoms with Crippen molar-refractivity contribution in [2.24, 2.45) is 4.99 Å². The van der Waals surface area contributed by atoms with Gasteiger partial charge in [-0.1, -0.05) is 47.7 Å². The topological polar surface area (TPSA) is 69.9 Å². The number of carbonyl (C=O) groups excluding carboxylic acids is 1. The summed E-state index contributed by atoms with van der Waals surface area (Å²) in [5.41, 5.74) is 2.43. The van der Waals surface area contributed by atoms with Crippen molar-refractivity contribution in [1.29, 1.82) is 0 Å². The van der Waals surface area contributed by atoms with Gasteiger partial charge in [-0.3, -0.25) is 9.36 Å². The molecule has 0 N–H and O–H groups in total. The van der Waals surface area contributed by atoms with Crippen molar-refractivity contribution in [2.45, 2.75) is 13.0 Å². The smallest absolute Gasteiger partial charge is 0.338 e. The molecular weight excluding hydrogens is 527 g/mol. The van der Waals surface area contributed by atoms with E-state index in [4.69, 9.17) is 9.47 Å². The summed E-state index contributed by atoms with van der Waals surface area (Å²) in [5, 5.41) is 0. The maximum Gasteiger partial charge on any atom is 0.338 e. The van der Waals surface area contributed by atoms with Crippen LogP contribution in [0, 0.1) is 3.57 Å². The first-order valence-electron chi connectivity index (χ1n) is 9.44. The van der Waals surface area contributed by atoms with Crippen molar-refractivity contribution in [3.05, 3.63) is 94.2 Å². The minimum Gasteiger partial charge on any atom is -0.496 e.